The number of rotatable bonds is 7. The molecule has 2 aromatic carbocycles. The van der Waals surface area contributed by atoms with E-state index in [1.807, 2.05) is 25.1 Å². The number of amides is 1. The number of nitrogens with zero attached hydrogens (tertiary/aromatic N) is 5. The molecule has 0 bridgehead atoms. The van der Waals surface area contributed by atoms with Gasteiger partial charge >= 0.3 is 0 Å². The summed E-state index contributed by atoms with van der Waals surface area (Å²) in [5, 5.41) is 4.73. The van der Waals surface area contributed by atoms with Crippen LogP contribution in [0.4, 0.5) is 4.39 Å². The van der Waals surface area contributed by atoms with Crippen LogP contribution in [0.5, 0.6) is 0 Å². The van der Waals surface area contributed by atoms with Gasteiger partial charge in [-0.1, -0.05) is 28.9 Å². The second kappa shape index (κ2) is 10.4. The van der Waals surface area contributed by atoms with E-state index >= 15 is 0 Å². The zero-order valence-electron chi connectivity index (χ0n) is 18.7. The third kappa shape index (κ3) is 5.96. The molecule has 1 amide bonds. The lowest BCUT2D eigenvalue weighted by molar-refractivity contribution is -0.136. The van der Waals surface area contributed by atoms with E-state index in [0.29, 0.717) is 29.8 Å². The Labute approximate surface area is 197 Å². The van der Waals surface area contributed by atoms with E-state index in [4.69, 9.17) is 16.1 Å². The number of carbonyl (C=O) groups is 1. The summed E-state index contributed by atoms with van der Waals surface area (Å²) >= 11 is 5.93. The molecular weight excluding hydrogens is 445 g/mol. The Kier molecular flexibility index (Phi) is 7.37. The first-order valence-electron chi connectivity index (χ1n) is 10.9. The average Bonchev–Trinajstić information content (AvgIpc) is 3.27. The number of carbonyl (C=O) groups excluding carboxylic acids is 1. The molecule has 4 rings (SSSR count). The smallest absolute Gasteiger partial charge is 0.241 e. The van der Waals surface area contributed by atoms with Crippen molar-refractivity contribution < 1.29 is 13.7 Å². The molecule has 1 aliphatic rings. The minimum Gasteiger partial charge on any atom is -0.340 e. The molecule has 174 valence electrons. The summed E-state index contributed by atoms with van der Waals surface area (Å²) in [5.74, 6) is 0.837. The molecule has 1 aliphatic heterocycles. The summed E-state index contributed by atoms with van der Waals surface area (Å²) in [6, 6.07) is 13.4. The SMILES string of the molecule is CC(C(=O)N(C)Cc1cccc(F)c1)N1CCN(Cc2nc(-c3ccc(Cl)cc3)no2)CC1. The van der Waals surface area contributed by atoms with Crippen LogP contribution in [-0.2, 0) is 17.9 Å². The molecule has 33 heavy (non-hydrogen) atoms. The molecule has 1 fully saturated rings. The van der Waals surface area contributed by atoms with Crippen LogP contribution in [0.25, 0.3) is 11.4 Å². The monoisotopic (exact) mass is 471 g/mol. The van der Waals surface area contributed by atoms with Gasteiger partial charge in [-0.2, -0.15) is 4.98 Å². The maximum atomic E-state index is 13.4. The molecule has 3 aromatic rings. The molecule has 0 radical (unpaired) electrons. The lowest BCUT2D eigenvalue weighted by Gasteiger charge is -2.38. The maximum absolute atomic E-state index is 13.4. The number of hydrogen-bond donors (Lipinski definition) is 0. The summed E-state index contributed by atoms with van der Waals surface area (Å²) in [6.07, 6.45) is 0. The van der Waals surface area contributed by atoms with Crippen LogP contribution < -0.4 is 0 Å². The predicted octanol–water partition coefficient (Wildman–Crippen LogP) is 3.69. The van der Waals surface area contributed by atoms with Crippen LogP contribution in [0.3, 0.4) is 0 Å². The van der Waals surface area contributed by atoms with Gasteiger partial charge in [-0.15, -0.1) is 0 Å². The molecule has 1 unspecified atom stereocenters. The molecule has 1 atom stereocenters. The zero-order chi connectivity index (χ0) is 23.4. The van der Waals surface area contributed by atoms with Crippen molar-refractivity contribution in [2.75, 3.05) is 33.2 Å². The number of likely N-dealkylation sites (N-methyl/N-ethyl adjacent to an activating group) is 1. The molecule has 0 N–H and O–H groups in total. The van der Waals surface area contributed by atoms with Gasteiger partial charge in [0, 0.05) is 50.4 Å². The van der Waals surface area contributed by atoms with Crippen molar-refractivity contribution in [1.82, 2.24) is 24.8 Å². The third-order valence-corrected chi connectivity index (χ3v) is 6.18. The van der Waals surface area contributed by atoms with Crippen LogP contribution in [0.2, 0.25) is 5.02 Å². The fraction of sp³-hybridized carbons (Fsp3) is 0.375. The zero-order valence-corrected chi connectivity index (χ0v) is 19.5. The normalized spacial score (nSPS) is 16.0. The lowest BCUT2D eigenvalue weighted by Crippen LogP contribution is -2.53. The first-order valence-corrected chi connectivity index (χ1v) is 11.3. The highest BCUT2D eigenvalue weighted by Crippen LogP contribution is 2.19. The van der Waals surface area contributed by atoms with Crippen LogP contribution in [-0.4, -0.2) is 70.0 Å². The van der Waals surface area contributed by atoms with Gasteiger partial charge in [0.05, 0.1) is 12.6 Å². The van der Waals surface area contributed by atoms with Gasteiger partial charge in [-0.05, 0) is 48.9 Å². The summed E-state index contributed by atoms with van der Waals surface area (Å²) in [4.78, 5) is 23.5. The molecule has 9 heteroatoms. The highest BCUT2D eigenvalue weighted by molar-refractivity contribution is 6.30. The molecular formula is C24H27ClFN5O2. The minimum absolute atomic E-state index is 0.0252. The molecule has 1 aromatic heterocycles. The summed E-state index contributed by atoms with van der Waals surface area (Å²) in [5.41, 5.74) is 1.63. The number of hydrogen-bond acceptors (Lipinski definition) is 6. The highest BCUT2D eigenvalue weighted by atomic mass is 35.5. The predicted molar refractivity (Wildman–Crippen MR) is 124 cm³/mol. The fourth-order valence-corrected chi connectivity index (χ4v) is 4.12. The van der Waals surface area contributed by atoms with E-state index in [0.717, 1.165) is 37.3 Å². The van der Waals surface area contributed by atoms with E-state index in [1.165, 1.54) is 12.1 Å². The standard InChI is InChI=1S/C24H27ClFN5O2/c1-17(24(32)29(2)15-18-4-3-5-21(26)14-18)31-12-10-30(11-13-31)16-22-27-23(28-33-22)19-6-8-20(25)9-7-19/h3-9,14,17H,10-13,15-16H2,1-2H3. The first-order chi connectivity index (χ1) is 15.9. The fourth-order valence-electron chi connectivity index (χ4n) is 4.00. The summed E-state index contributed by atoms with van der Waals surface area (Å²) in [7, 11) is 1.76. The number of benzene rings is 2. The van der Waals surface area contributed by atoms with Gasteiger partial charge in [-0.3, -0.25) is 14.6 Å². The minimum atomic E-state index is -0.293. The van der Waals surface area contributed by atoms with Crippen molar-refractivity contribution in [1.29, 1.82) is 0 Å². The maximum Gasteiger partial charge on any atom is 0.241 e. The van der Waals surface area contributed by atoms with E-state index in [-0.39, 0.29) is 17.8 Å². The van der Waals surface area contributed by atoms with Crippen LogP contribution in [0, 0.1) is 5.82 Å². The first kappa shape index (κ1) is 23.4. The van der Waals surface area contributed by atoms with Crippen LogP contribution in [0.1, 0.15) is 18.4 Å². The molecule has 7 nitrogen and oxygen atoms in total. The molecule has 0 saturated carbocycles. The largest absolute Gasteiger partial charge is 0.340 e. The van der Waals surface area contributed by atoms with Crippen molar-refractivity contribution in [2.45, 2.75) is 26.1 Å². The van der Waals surface area contributed by atoms with E-state index in [2.05, 4.69) is 19.9 Å². The molecule has 1 saturated heterocycles. The van der Waals surface area contributed by atoms with Gasteiger partial charge in [0.25, 0.3) is 0 Å². The average molecular weight is 472 g/mol. The Bertz CT molecular complexity index is 1080. The van der Waals surface area contributed by atoms with Crippen LogP contribution in [0.15, 0.2) is 53.1 Å². The Morgan fingerprint density at radius 1 is 1.18 bits per heavy atom. The molecule has 0 aliphatic carbocycles. The number of piperazine rings is 1. The second-order valence-corrected chi connectivity index (χ2v) is 8.77. The van der Waals surface area contributed by atoms with Gasteiger partial charge in [0.1, 0.15) is 5.82 Å². The Hall–Kier alpha value is -2.81. The number of aromatic nitrogens is 2. The van der Waals surface area contributed by atoms with E-state index < -0.39 is 0 Å². The van der Waals surface area contributed by atoms with Crippen molar-refractivity contribution >= 4 is 17.5 Å². The molecule has 0 spiro atoms. The summed E-state index contributed by atoms with van der Waals surface area (Å²) in [6.45, 7) is 5.99. The molecule has 2 heterocycles. The van der Waals surface area contributed by atoms with Crippen molar-refractivity contribution in [2.24, 2.45) is 0 Å². The third-order valence-electron chi connectivity index (χ3n) is 5.93. The van der Waals surface area contributed by atoms with Gasteiger partial charge < -0.3 is 9.42 Å². The summed E-state index contributed by atoms with van der Waals surface area (Å²) < 4.78 is 18.9. The van der Waals surface area contributed by atoms with Gasteiger partial charge in [0.15, 0.2) is 0 Å². The van der Waals surface area contributed by atoms with Crippen molar-refractivity contribution in [3.63, 3.8) is 0 Å². The number of halogens is 2. The van der Waals surface area contributed by atoms with Crippen LogP contribution >= 0.6 is 11.6 Å². The quantitative estimate of drug-likeness (QED) is 0.523. The Morgan fingerprint density at radius 3 is 2.61 bits per heavy atom. The Balaban J connectivity index is 1.27. The van der Waals surface area contributed by atoms with E-state index in [1.54, 1.807) is 30.1 Å². The Morgan fingerprint density at radius 2 is 1.91 bits per heavy atom. The van der Waals surface area contributed by atoms with Gasteiger partial charge in [0.2, 0.25) is 17.6 Å². The van der Waals surface area contributed by atoms with Crippen molar-refractivity contribution in [3.05, 3.63) is 70.8 Å². The highest BCUT2D eigenvalue weighted by Gasteiger charge is 2.28. The van der Waals surface area contributed by atoms with E-state index in [9.17, 15) is 9.18 Å². The van der Waals surface area contributed by atoms with Gasteiger partial charge in [-0.25, -0.2) is 4.39 Å². The topological polar surface area (TPSA) is 65.7 Å². The van der Waals surface area contributed by atoms with Crippen molar-refractivity contribution in [3.8, 4) is 11.4 Å². The second-order valence-electron chi connectivity index (χ2n) is 8.33. The lowest BCUT2D eigenvalue weighted by atomic mass is 10.1.